The van der Waals surface area contributed by atoms with E-state index in [2.05, 4.69) is 65.1 Å². The van der Waals surface area contributed by atoms with Gasteiger partial charge in [-0.1, -0.05) is 32.0 Å². The van der Waals surface area contributed by atoms with Crippen LogP contribution in [0.4, 0.5) is 11.5 Å². The molecule has 26 heavy (non-hydrogen) atoms. The van der Waals surface area contributed by atoms with Crippen molar-refractivity contribution in [3.05, 3.63) is 53.7 Å². The molecule has 1 aromatic heterocycles. The highest BCUT2D eigenvalue weighted by Crippen LogP contribution is 2.36. The molecule has 2 heterocycles. The second-order valence-electron chi connectivity index (χ2n) is 6.74. The van der Waals surface area contributed by atoms with Gasteiger partial charge in [-0.25, -0.2) is 4.98 Å². The number of nitrogens with one attached hydrogen (secondary N) is 1. The van der Waals surface area contributed by atoms with Crippen LogP contribution in [0.1, 0.15) is 36.7 Å². The summed E-state index contributed by atoms with van der Waals surface area (Å²) in [6.07, 6.45) is 2.70. The number of hydrogen-bond donors (Lipinski definition) is 1. The number of rotatable bonds is 7. The van der Waals surface area contributed by atoms with E-state index in [9.17, 15) is 4.79 Å². The molecule has 0 spiro atoms. The molecule has 2 aromatic rings. The summed E-state index contributed by atoms with van der Waals surface area (Å²) in [6.45, 7) is 9.98. The van der Waals surface area contributed by atoms with Crippen molar-refractivity contribution in [2.75, 3.05) is 31.1 Å². The van der Waals surface area contributed by atoms with Crippen molar-refractivity contribution in [3.63, 3.8) is 0 Å². The number of fused-ring (bicyclic) bond motifs is 1. The van der Waals surface area contributed by atoms with Crippen LogP contribution < -0.4 is 10.2 Å². The normalized spacial score (nSPS) is 16.0. The van der Waals surface area contributed by atoms with E-state index in [1.807, 2.05) is 12.1 Å². The lowest BCUT2D eigenvalue weighted by Crippen LogP contribution is -2.34. The molecule has 0 bridgehead atoms. The van der Waals surface area contributed by atoms with Crippen molar-refractivity contribution in [2.45, 2.75) is 33.2 Å². The fourth-order valence-electron chi connectivity index (χ4n) is 3.55. The van der Waals surface area contributed by atoms with Gasteiger partial charge in [0, 0.05) is 31.0 Å². The van der Waals surface area contributed by atoms with E-state index in [1.54, 1.807) is 6.20 Å². The maximum absolute atomic E-state index is 12.3. The minimum atomic E-state index is -0.0638. The first-order valence-electron chi connectivity index (χ1n) is 9.47. The predicted octanol–water partition coefficient (Wildman–Crippen LogP) is 3.24. The largest absolute Gasteiger partial charge is 0.351 e. The Labute approximate surface area is 156 Å². The number of likely N-dealkylation sites (N-methyl/N-ethyl adjacent to an activating group) is 1. The first-order chi connectivity index (χ1) is 12.6. The SMILES string of the molecule is CCN(CC)CCNC(=O)c1ccc(N2c3ccccc3CC2C)nc1. The number of hydrogen-bond acceptors (Lipinski definition) is 4. The van der Waals surface area contributed by atoms with Crippen molar-refractivity contribution in [2.24, 2.45) is 0 Å². The number of pyridine rings is 1. The fourth-order valence-corrected chi connectivity index (χ4v) is 3.55. The van der Waals surface area contributed by atoms with Crippen LogP contribution in [-0.4, -0.2) is 48.0 Å². The Bertz CT molecular complexity index is 740. The molecule has 3 rings (SSSR count). The summed E-state index contributed by atoms with van der Waals surface area (Å²) < 4.78 is 0. The van der Waals surface area contributed by atoms with Crippen LogP contribution >= 0.6 is 0 Å². The average Bonchev–Trinajstić information content (AvgIpc) is 3.01. The summed E-state index contributed by atoms with van der Waals surface area (Å²) in [5.74, 6) is 0.827. The number of amides is 1. The number of benzene rings is 1. The molecular formula is C21H28N4O. The zero-order valence-corrected chi connectivity index (χ0v) is 15.9. The lowest BCUT2D eigenvalue weighted by Gasteiger charge is -2.24. The van der Waals surface area contributed by atoms with Gasteiger partial charge >= 0.3 is 0 Å². The molecule has 1 unspecified atom stereocenters. The molecule has 5 nitrogen and oxygen atoms in total. The van der Waals surface area contributed by atoms with E-state index < -0.39 is 0 Å². The van der Waals surface area contributed by atoms with Gasteiger partial charge in [-0.15, -0.1) is 0 Å². The van der Waals surface area contributed by atoms with Gasteiger partial charge in [-0.05, 0) is 50.2 Å². The summed E-state index contributed by atoms with van der Waals surface area (Å²) in [5, 5.41) is 2.98. The molecule has 1 N–H and O–H groups in total. The number of nitrogens with zero attached hydrogens (tertiary/aromatic N) is 3. The van der Waals surface area contributed by atoms with E-state index in [1.165, 1.54) is 11.3 Å². The van der Waals surface area contributed by atoms with Crippen LogP contribution in [0.3, 0.4) is 0 Å². The minimum absolute atomic E-state index is 0.0638. The van der Waals surface area contributed by atoms with Gasteiger partial charge in [-0.2, -0.15) is 0 Å². The second-order valence-corrected chi connectivity index (χ2v) is 6.74. The second kappa shape index (κ2) is 8.32. The summed E-state index contributed by atoms with van der Waals surface area (Å²) in [4.78, 5) is 21.4. The standard InChI is InChI=1S/C21H28N4O/c1-4-24(5-2)13-12-22-21(26)18-10-11-20(23-15-18)25-16(3)14-17-8-6-7-9-19(17)25/h6-11,15-16H,4-5,12-14H2,1-3H3,(H,22,26). The molecule has 1 atom stereocenters. The third-order valence-electron chi connectivity index (χ3n) is 5.07. The van der Waals surface area contributed by atoms with Gasteiger partial charge in [-0.3, -0.25) is 4.79 Å². The average molecular weight is 352 g/mol. The van der Waals surface area contributed by atoms with Crippen molar-refractivity contribution in [1.29, 1.82) is 0 Å². The molecule has 1 aliphatic rings. The van der Waals surface area contributed by atoms with E-state index in [4.69, 9.17) is 0 Å². The summed E-state index contributed by atoms with van der Waals surface area (Å²) >= 11 is 0. The highest BCUT2D eigenvalue weighted by molar-refractivity contribution is 5.94. The Balaban J connectivity index is 1.64. The molecule has 0 aliphatic carbocycles. The number of carbonyl (C=O) groups is 1. The van der Waals surface area contributed by atoms with Crippen LogP contribution in [0.2, 0.25) is 0 Å². The van der Waals surface area contributed by atoms with Crippen LogP contribution in [-0.2, 0) is 6.42 Å². The van der Waals surface area contributed by atoms with Gasteiger partial charge in [0.1, 0.15) is 5.82 Å². The Hall–Kier alpha value is -2.40. The molecule has 0 radical (unpaired) electrons. The van der Waals surface area contributed by atoms with Gasteiger partial charge in [0.2, 0.25) is 0 Å². The van der Waals surface area contributed by atoms with Crippen molar-refractivity contribution in [1.82, 2.24) is 15.2 Å². The molecule has 0 saturated heterocycles. The number of carbonyl (C=O) groups excluding carboxylic acids is 1. The minimum Gasteiger partial charge on any atom is -0.351 e. The Morgan fingerprint density at radius 3 is 2.69 bits per heavy atom. The maximum atomic E-state index is 12.3. The highest BCUT2D eigenvalue weighted by atomic mass is 16.1. The van der Waals surface area contributed by atoms with Crippen LogP contribution in [0.5, 0.6) is 0 Å². The maximum Gasteiger partial charge on any atom is 0.252 e. The Morgan fingerprint density at radius 2 is 2.00 bits per heavy atom. The van der Waals surface area contributed by atoms with Crippen LogP contribution in [0.15, 0.2) is 42.6 Å². The highest BCUT2D eigenvalue weighted by Gasteiger charge is 2.27. The lowest BCUT2D eigenvalue weighted by molar-refractivity contribution is 0.0948. The van der Waals surface area contributed by atoms with E-state index in [-0.39, 0.29) is 5.91 Å². The molecule has 0 fully saturated rings. The number of para-hydroxylation sites is 1. The number of anilines is 2. The molecule has 0 saturated carbocycles. The van der Waals surface area contributed by atoms with Crippen molar-refractivity contribution < 1.29 is 4.79 Å². The monoisotopic (exact) mass is 352 g/mol. The third-order valence-corrected chi connectivity index (χ3v) is 5.07. The molecule has 1 amide bonds. The molecule has 1 aliphatic heterocycles. The molecule has 5 heteroatoms. The Morgan fingerprint density at radius 1 is 1.23 bits per heavy atom. The molecule has 1 aromatic carbocycles. The third kappa shape index (κ3) is 3.88. The van der Waals surface area contributed by atoms with Crippen molar-refractivity contribution in [3.8, 4) is 0 Å². The van der Waals surface area contributed by atoms with Crippen molar-refractivity contribution >= 4 is 17.4 Å². The zero-order valence-electron chi connectivity index (χ0n) is 15.9. The smallest absolute Gasteiger partial charge is 0.252 e. The lowest BCUT2D eigenvalue weighted by atomic mass is 10.1. The topological polar surface area (TPSA) is 48.5 Å². The predicted molar refractivity (Wildman–Crippen MR) is 106 cm³/mol. The summed E-state index contributed by atoms with van der Waals surface area (Å²) in [6, 6.07) is 12.6. The van der Waals surface area contributed by atoms with Gasteiger partial charge in [0.25, 0.3) is 5.91 Å². The van der Waals surface area contributed by atoms with Gasteiger partial charge in [0.15, 0.2) is 0 Å². The zero-order chi connectivity index (χ0) is 18.5. The van der Waals surface area contributed by atoms with Gasteiger partial charge in [0.05, 0.1) is 5.56 Å². The molecular weight excluding hydrogens is 324 g/mol. The van der Waals surface area contributed by atoms with E-state index >= 15 is 0 Å². The quantitative estimate of drug-likeness (QED) is 0.831. The van der Waals surface area contributed by atoms with Crippen LogP contribution in [0, 0.1) is 0 Å². The van der Waals surface area contributed by atoms with E-state index in [0.29, 0.717) is 18.2 Å². The van der Waals surface area contributed by atoms with Crippen LogP contribution in [0.25, 0.3) is 0 Å². The first-order valence-corrected chi connectivity index (χ1v) is 9.47. The Kier molecular flexibility index (Phi) is 5.89. The molecule has 138 valence electrons. The number of aromatic nitrogens is 1. The van der Waals surface area contributed by atoms with Gasteiger partial charge < -0.3 is 15.1 Å². The first kappa shape index (κ1) is 18.4. The fraction of sp³-hybridized carbons (Fsp3) is 0.429. The van der Waals surface area contributed by atoms with E-state index in [0.717, 1.165) is 31.9 Å². The summed E-state index contributed by atoms with van der Waals surface area (Å²) in [5.41, 5.74) is 3.16. The summed E-state index contributed by atoms with van der Waals surface area (Å²) in [7, 11) is 0.